The molecular formula is C25H24N8O2S3. The molecule has 3 N–H and O–H groups in total. The Morgan fingerprint density at radius 1 is 1.24 bits per heavy atom. The minimum absolute atomic E-state index is 0.0171. The van der Waals surface area contributed by atoms with E-state index in [1.54, 1.807) is 4.90 Å². The van der Waals surface area contributed by atoms with E-state index in [0.717, 1.165) is 28.3 Å². The van der Waals surface area contributed by atoms with Crippen LogP contribution in [0.25, 0.3) is 0 Å². The van der Waals surface area contributed by atoms with E-state index in [1.165, 1.54) is 34.4 Å². The maximum Gasteiger partial charge on any atom is 0.236 e. The fraction of sp³-hybridized carbons (Fsp3) is 0.320. The van der Waals surface area contributed by atoms with Crippen molar-refractivity contribution in [2.24, 2.45) is 5.73 Å². The van der Waals surface area contributed by atoms with Crippen molar-refractivity contribution in [1.29, 1.82) is 5.26 Å². The summed E-state index contributed by atoms with van der Waals surface area (Å²) < 4.78 is 0.568. The number of thioether (sulfide) groups is 1. The molecule has 0 saturated heterocycles. The van der Waals surface area contributed by atoms with Crippen molar-refractivity contribution in [2.75, 3.05) is 16.0 Å². The molecule has 5 rings (SSSR count). The number of nitrogens with zero attached hydrogens (tertiary/aromatic N) is 6. The van der Waals surface area contributed by atoms with Crippen LogP contribution in [0, 0.1) is 18.3 Å². The largest absolute Gasteiger partial charge is 0.384 e. The predicted molar refractivity (Wildman–Crippen MR) is 148 cm³/mol. The molecule has 13 heteroatoms. The van der Waals surface area contributed by atoms with Gasteiger partial charge in [0.2, 0.25) is 16.2 Å². The van der Waals surface area contributed by atoms with Gasteiger partial charge in [-0.1, -0.05) is 65.6 Å². The molecule has 0 spiro atoms. The lowest BCUT2D eigenvalue weighted by molar-refractivity contribution is -0.116. The van der Waals surface area contributed by atoms with Gasteiger partial charge in [-0.3, -0.25) is 19.8 Å². The van der Waals surface area contributed by atoms with E-state index >= 15 is 0 Å². The van der Waals surface area contributed by atoms with Gasteiger partial charge in [-0.2, -0.15) is 5.26 Å². The van der Waals surface area contributed by atoms with E-state index in [-0.39, 0.29) is 23.3 Å². The third-order valence-corrected chi connectivity index (χ3v) is 9.37. The summed E-state index contributed by atoms with van der Waals surface area (Å²) in [6, 6.07) is 10.0. The summed E-state index contributed by atoms with van der Waals surface area (Å²) in [5.41, 5.74) is 10.2. The standard InChI is InChI=1S/C25H24N8O2S3/c1-3-19-29-30-23(37-19)28-18(35)12-36-25-32-31-24(38-25)33-16-9-6-10-17(34)21(16)20(15(11-26)22(33)27)14-8-5-4-7-13(14)2/h4-5,7-8,20H,3,6,9-10,12,27H2,1-2H3,(H,28,30,35). The molecule has 194 valence electrons. The van der Waals surface area contributed by atoms with Gasteiger partial charge in [0.1, 0.15) is 10.8 Å². The lowest BCUT2D eigenvalue weighted by Gasteiger charge is -2.38. The van der Waals surface area contributed by atoms with Gasteiger partial charge in [0.15, 0.2) is 10.1 Å². The Hall–Kier alpha value is -3.60. The van der Waals surface area contributed by atoms with Gasteiger partial charge in [-0.25, -0.2) is 0 Å². The number of anilines is 2. The van der Waals surface area contributed by atoms with Gasteiger partial charge >= 0.3 is 0 Å². The van der Waals surface area contributed by atoms with Crippen LogP contribution >= 0.6 is 34.4 Å². The molecule has 0 radical (unpaired) electrons. The van der Waals surface area contributed by atoms with Crippen molar-refractivity contribution in [1.82, 2.24) is 20.4 Å². The molecule has 1 unspecified atom stereocenters. The van der Waals surface area contributed by atoms with Crippen molar-refractivity contribution in [3.63, 3.8) is 0 Å². The van der Waals surface area contributed by atoms with Gasteiger partial charge in [-0.05, 0) is 37.3 Å². The van der Waals surface area contributed by atoms with E-state index in [4.69, 9.17) is 5.73 Å². The van der Waals surface area contributed by atoms with Crippen LogP contribution in [0.15, 0.2) is 51.3 Å². The molecule has 1 aliphatic heterocycles. The number of nitrogens with one attached hydrogen (secondary N) is 1. The number of hydrogen-bond donors (Lipinski definition) is 2. The SMILES string of the molecule is CCc1nnc(NC(=O)CSc2nnc(N3C(N)=C(C#N)C(c4ccccc4C)C4=C3CCCC4=O)s2)s1. The van der Waals surface area contributed by atoms with Crippen LogP contribution in [0.3, 0.4) is 0 Å². The van der Waals surface area contributed by atoms with Crippen molar-refractivity contribution in [3.8, 4) is 6.07 Å². The third-order valence-electron chi connectivity index (χ3n) is 6.34. The summed E-state index contributed by atoms with van der Waals surface area (Å²) >= 11 is 3.85. The quantitative estimate of drug-likeness (QED) is 0.398. The normalized spacial score (nSPS) is 17.4. The number of nitriles is 1. The first kappa shape index (κ1) is 26.0. The average molecular weight is 565 g/mol. The van der Waals surface area contributed by atoms with Crippen LogP contribution in [-0.2, 0) is 16.0 Å². The molecule has 2 aromatic heterocycles. The summed E-state index contributed by atoms with van der Waals surface area (Å²) in [4.78, 5) is 27.4. The second kappa shape index (κ2) is 11.0. The number of allylic oxidation sites excluding steroid dienone is 3. The molecule has 0 bridgehead atoms. The molecule has 1 atom stereocenters. The van der Waals surface area contributed by atoms with Gasteiger partial charge in [0, 0.05) is 17.7 Å². The average Bonchev–Trinajstić information content (AvgIpc) is 3.57. The molecule has 1 amide bonds. The third kappa shape index (κ3) is 4.94. The predicted octanol–water partition coefficient (Wildman–Crippen LogP) is 4.30. The summed E-state index contributed by atoms with van der Waals surface area (Å²) in [6.45, 7) is 3.95. The number of rotatable bonds is 7. The zero-order chi connectivity index (χ0) is 26.8. The van der Waals surface area contributed by atoms with E-state index in [9.17, 15) is 14.9 Å². The summed E-state index contributed by atoms with van der Waals surface area (Å²) in [5, 5.41) is 31.2. The van der Waals surface area contributed by atoms with Crippen molar-refractivity contribution >= 4 is 56.4 Å². The maximum atomic E-state index is 13.3. The topological polar surface area (TPSA) is 151 Å². The van der Waals surface area contributed by atoms with E-state index < -0.39 is 5.92 Å². The number of aryl methyl sites for hydroxylation is 2. The molecule has 3 aromatic rings. The molecule has 3 heterocycles. The zero-order valence-corrected chi connectivity index (χ0v) is 23.2. The molecule has 38 heavy (non-hydrogen) atoms. The number of Topliss-reactive ketones (excluding diaryl/α,β-unsaturated/α-hetero) is 1. The number of carbonyl (C=O) groups is 2. The monoisotopic (exact) mass is 564 g/mol. The van der Waals surface area contributed by atoms with Crippen molar-refractivity contribution in [2.45, 2.75) is 49.8 Å². The highest BCUT2D eigenvalue weighted by Gasteiger charge is 2.41. The maximum absolute atomic E-state index is 13.3. The smallest absolute Gasteiger partial charge is 0.236 e. The number of hydrogen-bond acceptors (Lipinski definition) is 12. The molecule has 0 fully saturated rings. The highest BCUT2D eigenvalue weighted by atomic mass is 32.2. The zero-order valence-electron chi connectivity index (χ0n) is 20.7. The summed E-state index contributed by atoms with van der Waals surface area (Å²) in [6.07, 6.45) is 2.51. The number of nitrogens with two attached hydrogens (primary N) is 1. The van der Waals surface area contributed by atoms with Crippen LogP contribution in [-0.4, -0.2) is 37.8 Å². The van der Waals surface area contributed by atoms with Gasteiger partial charge in [0.25, 0.3) is 0 Å². The molecule has 0 saturated carbocycles. The number of carbonyl (C=O) groups excluding carboxylic acids is 2. The molecule has 2 aliphatic rings. The number of benzene rings is 1. The van der Waals surface area contributed by atoms with E-state index in [0.29, 0.717) is 45.0 Å². The van der Waals surface area contributed by atoms with E-state index in [2.05, 4.69) is 31.8 Å². The highest BCUT2D eigenvalue weighted by Crippen LogP contribution is 2.47. The first-order valence-corrected chi connectivity index (χ1v) is 14.6. The Balaban J connectivity index is 1.42. The highest BCUT2D eigenvalue weighted by molar-refractivity contribution is 8.01. The summed E-state index contributed by atoms with van der Waals surface area (Å²) in [5.74, 6) is -0.351. The lowest BCUT2D eigenvalue weighted by Crippen LogP contribution is -2.38. The summed E-state index contributed by atoms with van der Waals surface area (Å²) in [7, 11) is 0. The Kier molecular flexibility index (Phi) is 7.55. The second-order valence-corrected chi connectivity index (χ2v) is 12.0. The molecule has 10 nitrogen and oxygen atoms in total. The second-order valence-electron chi connectivity index (χ2n) is 8.71. The first-order valence-electron chi connectivity index (χ1n) is 12.0. The number of amides is 1. The van der Waals surface area contributed by atoms with Gasteiger partial charge < -0.3 is 5.73 Å². The Labute approximate surface area is 231 Å². The molecular weight excluding hydrogens is 541 g/mol. The van der Waals surface area contributed by atoms with Gasteiger partial charge in [-0.15, -0.1) is 20.4 Å². The van der Waals surface area contributed by atoms with Crippen LogP contribution in [0.2, 0.25) is 0 Å². The van der Waals surface area contributed by atoms with Crippen LogP contribution in [0.4, 0.5) is 10.3 Å². The fourth-order valence-electron chi connectivity index (χ4n) is 4.61. The van der Waals surface area contributed by atoms with Crippen molar-refractivity contribution in [3.05, 3.63) is 63.1 Å². The van der Waals surface area contributed by atoms with E-state index in [1.807, 2.05) is 38.1 Å². The lowest BCUT2D eigenvalue weighted by atomic mass is 9.75. The van der Waals surface area contributed by atoms with Crippen LogP contribution in [0.5, 0.6) is 0 Å². The Morgan fingerprint density at radius 2 is 2.05 bits per heavy atom. The minimum Gasteiger partial charge on any atom is -0.384 e. The van der Waals surface area contributed by atoms with Gasteiger partial charge in [0.05, 0.1) is 23.3 Å². The Bertz CT molecular complexity index is 1520. The fourth-order valence-corrected chi connectivity index (χ4v) is 6.98. The molecule has 1 aliphatic carbocycles. The number of ketones is 1. The van der Waals surface area contributed by atoms with Crippen molar-refractivity contribution < 1.29 is 9.59 Å². The molecule has 1 aromatic carbocycles. The first-order chi connectivity index (χ1) is 18.4. The minimum atomic E-state index is -0.515. The van der Waals surface area contributed by atoms with Crippen LogP contribution in [0.1, 0.15) is 48.2 Å². The Morgan fingerprint density at radius 3 is 2.79 bits per heavy atom. The van der Waals surface area contributed by atoms with Crippen LogP contribution < -0.4 is 16.0 Å². The number of aromatic nitrogens is 4.